The molecule has 0 heterocycles. The highest BCUT2D eigenvalue weighted by Gasteiger charge is 2.16. The number of hydrogen-bond acceptors (Lipinski definition) is 4. The first-order valence-electron chi connectivity index (χ1n) is 3.61. The monoisotopic (exact) mass is 159 g/mol. The summed E-state index contributed by atoms with van der Waals surface area (Å²) < 4.78 is 4.61. The lowest BCUT2D eigenvalue weighted by atomic mass is 10.3. The largest absolute Gasteiger partial charge is 0.464 e. The van der Waals surface area contributed by atoms with Gasteiger partial charge in [0.05, 0.1) is 6.61 Å². The van der Waals surface area contributed by atoms with Crippen LogP contribution in [0, 0.1) is 0 Å². The summed E-state index contributed by atoms with van der Waals surface area (Å²) in [6, 6.07) is -0.806. The van der Waals surface area contributed by atoms with Crippen molar-refractivity contribution in [2.75, 3.05) is 13.2 Å². The minimum Gasteiger partial charge on any atom is -0.464 e. The third-order valence-corrected chi connectivity index (χ3v) is 1.10. The van der Waals surface area contributed by atoms with E-state index in [1.54, 1.807) is 6.92 Å². The summed E-state index contributed by atoms with van der Waals surface area (Å²) in [5.41, 5.74) is 0. The summed E-state index contributed by atoms with van der Waals surface area (Å²) in [4.78, 5) is 21.1. The zero-order valence-corrected chi connectivity index (χ0v) is 6.79. The molecule has 0 radical (unpaired) electrons. The Morgan fingerprint density at radius 2 is 2.27 bits per heavy atom. The van der Waals surface area contributed by atoms with E-state index in [0.717, 1.165) is 0 Å². The molecule has 0 aliphatic heterocycles. The third kappa shape index (κ3) is 3.72. The molecule has 1 N–H and O–H groups in total. The number of carbonyl (C=O) groups is 2. The van der Waals surface area contributed by atoms with Gasteiger partial charge in [0.25, 0.3) is 0 Å². The Kier molecular flexibility index (Phi) is 5.37. The van der Waals surface area contributed by atoms with Gasteiger partial charge < -0.3 is 9.53 Å². The van der Waals surface area contributed by atoms with Gasteiger partial charge in [-0.3, -0.25) is 5.32 Å². The number of nitrogens with one attached hydrogen (secondary N) is 1. The minimum atomic E-state index is -0.806. The van der Waals surface area contributed by atoms with Crippen LogP contribution in [0.3, 0.4) is 0 Å². The van der Waals surface area contributed by atoms with Gasteiger partial charge in [0, 0.05) is 0 Å². The predicted octanol–water partition coefficient (Wildman–Crippen LogP) is -0.274. The molecule has 0 fully saturated rings. The van der Waals surface area contributed by atoms with E-state index in [1.165, 1.54) is 0 Å². The molecule has 4 nitrogen and oxygen atoms in total. The highest BCUT2D eigenvalue weighted by Crippen LogP contribution is 1.84. The number of ether oxygens (including phenoxy) is 1. The third-order valence-electron chi connectivity index (χ3n) is 1.10. The topological polar surface area (TPSA) is 55.4 Å². The lowest BCUT2D eigenvalue weighted by molar-refractivity contribution is -0.146. The molecule has 0 amide bonds. The van der Waals surface area contributed by atoms with Gasteiger partial charge in [0.1, 0.15) is 6.29 Å². The van der Waals surface area contributed by atoms with Crippen molar-refractivity contribution in [2.45, 2.75) is 19.9 Å². The molecule has 0 aromatic rings. The van der Waals surface area contributed by atoms with E-state index in [9.17, 15) is 9.59 Å². The van der Waals surface area contributed by atoms with Crippen LogP contribution in [0.1, 0.15) is 13.8 Å². The van der Waals surface area contributed by atoms with Gasteiger partial charge in [-0.1, -0.05) is 6.92 Å². The molecule has 0 bridgehead atoms. The molecule has 64 valence electrons. The van der Waals surface area contributed by atoms with E-state index in [-0.39, 0.29) is 0 Å². The van der Waals surface area contributed by atoms with E-state index >= 15 is 0 Å². The molecule has 0 rings (SSSR count). The highest BCUT2D eigenvalue weighted by atomic mass is 16.5. The molecular formula is C7H13NO3. The smallest absolute Gasteiger partial charge is 0.330 e. The van der Waals surface area contributed by atoms with Crippen molar-refractivity contribution in [1.82, 2.24) is 5.32 Å². The summed E-state index contributed by atoms with van der Waals surface area (Å²) in [6.07, 6.45) is 0.543. The van der Waals surface area contributed by atoms with Gasteiger partial charge >= 0.3 is 5.97 Å². The summed E-state index contributed by atoms with van der Waals surface area (Å²) >= 11 is 0. The van der Waals surface area contributed by atoms with Crippen LogP contribution in [-0.2, 0) is 14.3 Å². The van der Waals surface area contributed by atoms with E-state index in [1.807, 2.05) is 6.92 Å². The fourth-order valence-corrected chi connectivity index (χ4v) is 0.639. The number of carbonyl (C=O) groups excluding carboxylic acids is 2. The summed E-state index contributed by atoms with van der Waals surface area (Å²) in [6.45, 7) is 4.39. The number of aldehydes is 1. The molecule has 1 atom stereocenters. The lowest BCUT2D eigenvalue weighted by Crippen LogP contribution is -2.39. The van der Waals surface area contributed by atoms with Crippen LogP contribution in [-0.4, -0.2) is 31.4 Å². The normalized spacial score (nSPS) is 12.2. The first-order chi connectivity index (χ1) is 5.26. The minimum absolute atomic E-state index is 0.300. The van der Waals surface area contributed by atoms with Crippen molar-refractivity contribution < 1.29 is 14.3 Å². The van der Waals surface area contributed by atoms with Crippen molar-refractivity contribution in [3.8, 4) is 0 Å². The molecule has 4 heteroatoms. The van der Waals surface area contributed by atoms with E-state index in [0.29, 0.717) is 19.4 Å². The Hall–Kier alpha value is -0.900. The molecule has 0 saturated carbocycles. The maximum Gasteiger partial charge on any atom is 0.330 e. The zero-order chi connectivity index (χ0) is 8.69. The number of hydrogen-bond donors (Lipinski definition) is 1. The van der Waals surface area contributed by atoms with Gasteiger partial charge in [-0.25, -0.2) is 4.79 Å². The van der Waals surface area contributed by atoms with Crippen LogP contribution >= 0.6 is 0 Å². The average molecular weight is 159 g/mol. The maximum absolute atomic E-state index is 10.8. The first kappa shape index (κ1) is 10.1. The molecule has 0 saturated heterocycles. The van der Waals surface area contributed by atoms with Crippen molar-refractivity contribution in [3.05, 3.63) is 0 Å². The SMILES string of the molecule is CCNC(C=O)C(=O)OCC. The Morgan fingerprint density at radius 3 is 2.64 bits per heavy atom. The number of likely N-dealkylation sites (N-methyl/N-ethyl adjacent to an activating group) is 1. The summed E-state index contributed by atoms with van der Waals surface area (Å²) in [7, 11) is 0. The molecule has 0 spiro atoms. The van der Waals surface area contributed by atoms with E-state index in [2.05, 4.69) is 10.1 Å². The van der Waals surface area contributed by atoms with Crippen LogP contribution in [0.4, 0.5) is 0 Å². The van der Waals surface area contributed by atoms with Gasteiger partial charge in [0.2, 0.25) is 0 Å². The van der Waals surface area contributed by atoms with Crippen LogP contribution in [0.2, 0.25) is 0 Å². The Bertz CT molecular complexity index is 136. The maximum atomic E-state index is 10.8. The molecule has 0 aliphatic rings. The van der Waals surface area contributed by atoms with Gasteiger partial charge in [-0.05, 0) is 13.5 Å². The number of esters is 1. The first-order valence-corrected chi connectivity index (χ1v) is 3.61. The summed E-state index contributed by atoms with van der Waals surface area (Å²) in [5.74, 6) is -0.510. The van der Waals surface area contributed by atoms with E-state index in [4.69, 9.17) is 0 Å². The number of rotatable bonds is 5. The average Bonchev–Trinajstić information content (AvgIpc) is 2.00. The quantitative estimate of drug-likeness (QED) is 0.341. The molecule has 0 aromatic carbocycles. The van der Waals surface area contributed by atoms with Gasteiger partial charge in [0.15, 0.2) is 6.04 Å². The van der Waals surface area contributed by atoms with Crippen molar-refractivity contribution in [1.29, 1.82) is 0 Å². The Labute approximate surface area is 65.9 Å². The molecule has 0 aliphatic carbocycles. The Morgan fingerprint density at radius 1 is 1.64 bits per heavy atom. The second kappa shape index (κ2) is 5.85. The van der Waals surface area contributed by atoms with Crippen LogP contribution in [0.25, 0.3) is 0 Å². The van der Waals surface area contributed by atoms with Crippen molar-refractivity contribution >= 4 is 12.3 Å². The fraction of sp³-hybridized carbons (Fsp3) is 0.714. The highest BCUT2D eigenvalue weighted by molar-refractivity contribution is 5.92. The van der Waals surface area contributed by atoms with Crippen LogP contribution in [0.15, 0.2) is 0 Å². The van der Waals surface area contributed by atoms with Crippen molar-refractivity contribution in [2.24, 2.45) is 0 Å². The fourth-order valence-electron chi connectivity index (χ4n) is 0.639. The Balaban J connectivity index is 3.81. The van der Waals surface area contributed by atoms with Crippen LogP contribution < -0.4 is 5.32 Å². The lowest BCUT2D eigenvalue weighted by Gasteiger charge is -2.08. The van der Waals surface area contributed by atoms with Gasteiger partial charge in [-0.2, -0.15) is 0 Å². The zero-order valence-electron chi connectivity index (χ0n) is 6.79. The van der Waals surface area contributed by atoms with E-state index < -0.39 is 12.0 Å². The second-order valence-corrected chi connectivity index (χ2v) is 1.92. The molecule has 0 aromatic heterocycles. The molecule has 11 heavy (non-hydrogen) atoms. The van der Waals surface area contributed by atoms with Gasteiger partial charge in [-0.15, -0.1) is 0 Å². The molecular weight excluding hydrogens is 146 g/mol. The van der Waals surface area contributed by atoms with Crippen molar-refractivity contribution in [3.63, 3.8) is 0 Å². The second-order valence-electron chi connectivity index (χ2n) is 1.92. The summed E-state index contributed by atoms with van der Waals surface area (Å²) in [5, 5.41) is 2.67. The van der Waals surface area contributed by atoms with Crippen LogP contribution in [0.5, 0.6) is 0 Å². The standard InChI is InChI=1S/C7H13NO3/c1-3-8-6(5-9)7(10)11-4-2/h5-6,8H,3-4H2,1-2H3. The molecule has 1 unspecified atom stereocenters. The predicted molar refractivity (Wildman–Crippen MR) is 40.2 cm³/mol.